The second-order valence-corrected chi connectivity index (χ2v) is 3.54. The van der Waals surface area contributed by atoms with Crippen molar-refractivity contribution in [3.8, 4) is 0 Å². The van der Waals surface area contributed by atoms with E-state index in [0.29, 0.717) is 13.1 Å². The van der Waals surface area contributed by atoms with Crippen LogP contribution in [-0.2, 0) is 0 Å². The van der Waals surface area contributed by atoms with Crippen molar-refractivity contribution >= 4 is 5.69 Å². The van der Waals surface area contributed by atoms with Crippen LogP contribution in [0.3, 0.4) is 0 Å². The molecule has 2 atom stereocenters. The molecule has 75 valence electrons. The highest BCUT2D eigenvalue weighted by molar-refractivity contribution is 5.48. The maximum absolute atomic E-state index is 13.2. The molecule has 2 rings (SSSR count). The molecular weight excluding hydrogens is 181 g/mol. The molecule has 1 aliphatic rings. The molecule has 2 heterocycles. The fraction of sp³-hybridized carbons (Fsp3) is 0.500. The molecule has 1 aromatic rings. The maximum Gasteiger partial charge on any atom is 0.134 e. The summed E-state index contributed by atoms with van der Waals surface area (Å²) in [6.45, 7) is 3.04. The molecule has 14 heavy (non-hydrogen) atoms. The lowest BCUT2D eigenvalue weighted by molar-refractivity contribution is 0.342. The van der Waals surface area contributed by atoms with Gasteiger partial charge in [0.25, 0.3) is 0 Å². The van der Waals surface area contributed by atoms with Gasteiger partial charge in [0.2, 0.25) is 0 Å². The molecule has 0 amide bonds. The molecular formula is C10H13FN3. The number of nitrogens with one attached hydrogen (secondary N) is 2. The molecule has 1 aliphatic heterocycles. The summed E-state index contributed by atoms with van der Waals surface area (Å²) in [6, 6.07) is 1.73. The zero-order valence-electron chi connectivity index (χ0n) is 8.05. The molecule has 0 bridgehead atoms. The van der Waals surface area contributed by atoms with Crippen LogP contribution < -0.4 is 10.6 Å². The first-order chi connectivity index (χ1) is 6.77. The third-order valence-corrected chi connectivity index (χ3v) is 2.44. The highest BCUT2D eigenvalue weighted by Crippen LogP contribution is 2.15. The summed E-state index contributed by atoms with van der Waals surface area (Å²) >= 11 is 0. The number of rotatable bonds is 2. The van der Waals surface area contributed by atoms with Gasteiger partial charge in [0.1, 0.15) is 12.4 Å². The van der Waals surface area contributed by atoms with Gasteiger partial charge in [-0.05, 0) is 18.6 Å². The van der Waals surface area contributed by atoms with E-state index >= 15 is 0 Å². The summed E-state index contributed by atoms with van der Waals surface area (Å²) < 4.78 is 13.2. The molecule has 1 saturated heterocycles. The first kappa shape index (κ1) is 9.40. The van der Waals surface area contributed by atoms with E-state index < -0.39 is 6.17 Å². The number of hydrogen-bond acceptors (Lipinski definition) is 3. The summed E-state index contributed by atoms with van der Waals surface area (Å²) in [5, 5.41) is 6.09. The minimum Gasteiger partial charge on any atom is -0.376 e. The fourth-order valence-electron chi connectivity index (χ4n) is 1.54. The summed E-state index contributed by atoms with van der Waals surface area (Å²) in [5.74, 6) is 0. The predicted octanol–water partition coefficient (Wildman–Crippen LogP) is 0.912. The molecule has 0 aliphatic carbocycles. The van der Waals surface area contributed by atoms with E-state index in [1.165, 1.54) is 0 Å². The van der Waals surface area contributed by atoms with Gasteiger partial charge in [0, 0.05) is 19.3 Å². The second-order valence-electron chi connectivity index (χ2n) is 3.54. The topological polar surface area (TPSA) is 37.0 Å². The monoisotopic (exact) mass is 194 g/mol. The van der Waals surface area contributed by atoms with Crippen LogP contribution in [0.2, 0.25) is 0 Å². The summed E-state index contributed by atoms with van der Waals surface area (Å²) in [7, 11) is 0. The second kappa shape index (κ2) is 3.92. The molecule has 0 saturated carbocycles. The van der Waals surface area contributed by atoms with Gasteiger partial charge in [-0.1, -0.05) is 0 Å². The third-order valence-electron chi connectivity index (χ3n) is 2.44. The van der Waals surface area contributed by atoms with Crippen LogP contribution in [-0.4, -0.2) is 30.3 Å². The van der Waals surface area contributed by atoms with Gasteiger partial charge >= 0.3 is 0 Å². The smallest absolute Gasteiger partial charge is 0.134 e. The third kappa shape index (κ3) is 1.85. The van der Waals surface area contributed by atoms with E-state index in [2.05, 4.69) is 21.8 Å². The molecule has 1 fully saturated rings. The van der Waals surface area contributed by atoms with Crippen LogP contribution in [0.5, 0.6) is 0 Å². The van der Waals surface area contributed by atoms with E-state index in [1.807, 2.05) is 13.0 Å². The Kier molecular flexibility index (Phi) is 2.63. The van der Waals surface area contributed by atoms with Gasteiger partial charge in [-0.15, -0.1) is 0 Å². The zero-order valence-corrected chi connectivity index (χ0v) is 8.05. The average molecular weight is 194 g/mol. The van der Waals surface area contributed by atoms with Crippen LogP contribution in [0, 0.1) is 13.1 Å². The molecule has 3 nitrogen and oxygen atoms in total. The van der Waals surface area contributed by atoms with Gasteiger partial charge in [-0.25, -0.2) is 4.39 Å². The highest BCUT2D eigenvalue weighted by atomic mass is 19.1. The Hall–Kier alpha value is -1.16. The van der Waals surface area contributed by atoms with Crippen LogP contribution in [0.25, 0.3) is 0 Å². The standard InChI is InChI=1S/C10H13FN3/c1-7-2-3-12-5-9(7)14-10-6-13-4-8(10)11/h2-3,8,10,13-14H,4,6H2,1H3. The highest BCUT2D eigenvalue weighted by Gasteiger charge is 2.26. The van der Waals surface area contributed by atoms with Crippen LogP contribution >= 0.6 is 0 Å². The van der Waals surface area contributed by atoms with Crippen molar-refractivity contribution < 1.29 is 4.39 Å². The average Bonchev–Trinajstić information content (AvgIpc) is 2.56. The Balaban J connectivity index is 2.07. The Bertz CT molecular complexity index is 316. The van der Waals surface area contributed by atoms with Crippen LogP contribution in [0.4, 0.5) is 10.1 Å². The number of pyridine rings is 1. The van der Waals surface area contributed by atoms with Crippen LogP contribution in [0.15, 0.2) is 12.3 Å². The Morgan fingerprint density at radius 3 is 3.14 bits per heavy atom. The van der Waals surface area contributed by atoms with E-state index in [-0.39, 0.29) is 6.04 Å². The lowest BCUT2D eigenvalue weighted by Crippen LogP contribution is -2.29. The number of nitrogens with zero attached hydrogens (tertiary/aromatic N) is 1. The number of anilines is 1. The maximum atomic E-state index is 13.2. The van der Waals surface area contributed by atoms with Gasteiger partial charge in [-0.3, -0.25) is 4.98 Å². The lowest BCUT2D eigenvalue weighted by atomic mass is 10.2. The summed E-state index contributed by atoms with van der Waals surface area (Å²) in [6.07, 6.45) is 3.68. The molecule has 1 radical (unpaired) electrons. The van der Waals surface area contributed by atoms with E-state index in [9.17, 15) is 4.39 Å². The number of aromatic nitrogens is 1. The number of alkyl halides is 1. The van der Waals surface area contributed by atoms with E-state index in [0.717, 1.165) is 11.3 Å². The molecule has 1 aromatic heterocycles. The van der Waals surface area contributed by atoms with Crippen molar-refractivity contribution in [2.24, 2.45) is 0 Å². The lowest BCUT2D eigenvalue weighted by Gasteiger charge is -2.16. The minimum absolute atomic E-state index is 0.158. The molecule has 0 spiro atoms. The van der Waals surface area contributed by atoms with Crippen molar-refractivity contribution in [1.82, 2.24) is 10.3 Å². The SMILES string of the molecule is Cc1ccn[c]c1NC1CNCC1F. The number of aryl methyl sites for hydroxylation is 1. The van der Waals surface area contributed by atoms with Gasteiger partial charge in [-0.2, -0.15) is 0 Å². The van der Waals surface area contributed by atoms with E-state index in [1.54, 1.807) is 6.20 Å². The first-order valence-electron chi connectivity index (χ1n) is 4.72. The van der Waals surface area contributed by atoms with Gasteiger partial charge in [0.05, 0.1) is 11.7 Å². The Labute approximate surface area is 82.7 Å². The van der Waals surface area contributed by atoms with Crippen molar-refractivity contribution in [3.05, 3.63) is 24.0 Å². The first-order valence-corrected chi connectivity index (χ1v) is 4.72. The van der Waals surface area contributed by atoms with Crippen molar-refractivity contribution in [1.29, 1.82) is 0 Å². The van der Waals surface area contributed by atoms with Crippen molar-refractivity contribution in [2.75, 3.05) is 18.4 Å². The van der Waals surface area contributed by atoms with Gasteiger partial charge < -0.3 is 10.6 Å². The van der Waals surface area contributed by atoms with E-state index in [4.69, 9.17) is 0 Å². The normalized spacial score (nSPS) is 26.4. The Morgan fingerprint density at radius 2 is 2.50 bits per heavy atom. The summed E-state index contributed by atoms with van der Waals surface area (Å²) in [5.41, 5.74) is 1.84. The van der Waals surface area contributed by atoms with Gasteiger partial charge in [0.15, 0.2) is 0 Å². The fourth-order valence-corrected chi connectivity index (χ4v) is 1.54. The molecule has 2 N–H and O–H groups in total. The quantitative estimate of drug-likeness (QED) is 0.735. The van der Waals surface area contributed by atoms with Crippen molar-refractivity contribution in [3.63, 3.8) is 0 Å². The summed E-state index contributed by atoms with van der Waals surface area (Å²) in [4.78, 5) is 3.88. The van der Waals surface area contributed by atoms with Crippen LogP contribution in [0.1, 0.15) is 5.56 Å². The van der Waals surface area contributed by atoms with Crippen molar-refractivity contribution in [2.45, 2.75) is 19.1 Å². The Morgan fingerprint density at radius 1 is 1.64 bits per heavy atom. The minimum atomic E-state index is -0.831. The molecule has 0 aromatic carbocycles. The number of halogens is 1. The molecule has 2 unspecified atom stereocenters. The molecule has 4 heteroatoms. The largest absolute Gasteiger partial charge is 0.376 e. The number of hydrogen-bond donors (Lipinski definition) is 2. The zero-order chi connectivity index (χ0) is 9.97. The predicted molar refractivity (Wildman–Crippen MR) is 53.0 cm³/mol.